The first-order valence-electron chi connectivity index (χ1n) is 8.13. The van der Waals surface area contributed by atoms with Crippen LogP contribution in [0.2, 0.25) is 5.02 Å². The summed E-state index contributed by atoms with van der Waals surface area (Å²) in [5.74, 6) is 0.306. The van der Waals surface area contributed by atoms with Crippen LogP contribution < -0.4 is 14.8 Å². The minimum atomic E-state index is -0.691. The second-order valence-corrected chi connectivity index (χ2v) is 5.81. The number of esters is 1. The number of hydrogen-bond donors (Lipinski definition) is 1. The van der Waals surface area contributed by atoms with E-state index in [1.807, 2.05) is 6.92 Å². The number of methoxy groups -OCH3 is 1. The number of benzene rings is 2. The average Bonchev–Trinajstić information content (AvgIpc) is 2.63. The van der Waals surface area contributed by atoms with Crippen molar-refractivity contribution < 1.29 is 23.8 Å². The summed E-state index contributed by atoms with van der Waals surface area (Å²) in [7, 11) is 1.47. The number of halogens is 1. The minimum absolute atomic E-state index is 0.292. The van der Waals surface area contributed by atoms with Gasteiger partial charge in [0.2, 0.25) is 0 Å². The molecule has 0 atom stereocenters. The van der Waals surface area contributed by atoms with E-state index in [0.29, 0.717) is 34.4 Å². The molecule has 7 heteroatoms. The third-order valence-corrected chi connectivity index (χ3v) is 3.67. The van der Waals surface area contributed by atoms with E-state index in [4.69, 9.17) is 25.8 Å². The van der Waals surface area contributed by atoms with E-state index in [-0.39, 0.29) is 0 Å². The Kier molecular flexibility index (Phi) is 7.29. The summed E-state index contributed by atoms with van der Waals surface area (Å²) in [6.07, 6.45) is 1.08. The smallest absolute Gasteiger partial charge is 0.417 e. The van der Waals surface area contributed by atoms with Gasteiger partial charge in [-0.05, 0) is 42.8 Å². The van der Waals surface area contributed by atoms with Gasteiger partial charge in [0.25, 0.3) is 0 Å². The number of carbonyl (C=O) groups is 2. The molecule has 26 heavy (non-hydrogen) atoms. The highest BCUT2D eigenvalue weighted by molar-refractivity contribution is 6.30. The lowest BCUT2D eigenvalue weighted by Gasteiger charge is -2.11. The molecule has 0 saturated heterocycles. The van der Waals surface area contributed by atoms with Crippen molar-refractivity contribution in [2.24, 2.45) is 0 Å². The molecule has 0 saturated carbocycles. The molecule has 0 radical (unpaired) electrons. The van der Waals surface area contributed by atoms with Crippen LogP contribution >= 0.6 is 11.6 Å². The largest absolute Gasteiger partial charge is 0.495 e. The zero-order valence-electron chi connectivity index (χ0n) is 14.6. The van der Waals surface area contributed by atoms with Gasteiger partial charge < -0.3 is 14.2 Å². The van der Waals surface area contributed by atoms with Gasteiger partial charge in [0, 0.05) is 11.1 Å². The quantitative estimate of drug-likeness (QED) is 0.547. The fraction of sp³-hybridized carbons (Fsp3) is 0.263. The number of ether oxygens (including phenoxy) is 3. The van der Waals surface area contributed by atoms with E-state index in [9.17, 15) is 9.59 Å². The Morgan fingerprint density at radius 2 is 1.85 bits per heavy atom. The van der Waals surface area contributed by atoms with Crippen LogP contribution in [0, 0.1) is 0 Å². The molecule has 6 nitrogen and oxygen atoms in total. The van der Waals surface area contributed by atoms with Crippen molar-refractivity contribution in [3.63, 3.8) is 0 Å². The second-order valence-electron chi connectivity index (χ2n) is 5.37. The van der Waals surface area contributed by atoms with Gasteiger partial charge in [0.1, 0.15) is 11.5 Å². The Morgan fingerprint density at radius 3 is 2.50 bits per heavy atom. The van der Waals surface area contributed by atoms with Crippen molar-refractivity contribution in [3.05, 3.63) is 53.1 Å². The Morgan fingerprint density at radius 1 is 1.12 bits per heavy atom. The maximum atomic E-state index is 12.0. The van der Waals surface area contributed by atoms with Gasteiger partial charge in [-0.1, -0.05) is 24.9 Å². The summed E-state index contributed by atoms with van der Waals surface area (Å²) in [6.45, 7) is 2.41. The first-order chi connectivity index (χ1) is 12.5. The molecule has 0 fully saturated rings. The van der Waals surface area contributed by atoms with Crippen LogP contribution in [-0.4, -0.2) is 25.8 Å². The van der Waals surface area contributed by atoms with Crippen LogP contribution in [0.25, 0.3) is 0 Å². The molecule has 1 amide bonds. The molecule has 1 N–H and O–H groups in total. The molecule has 2 aromatic carbocycles. The standard InChI is InChI=1S/C19H20ClNO5/c1-3-4-11-25-18(22)13-5-8-15(9-6-13)26-19(23)21-16-10-7-14(20)12-17(16)24-2/h5-10,12H,3-4,11H2,1-2H3,(H,21,23). The predicted octanol–water partition coefficient (Wildman–Crippen LogP) is 4.92. The molecular weight excluding hydrogens is 358 g/mol. The summed E-state index contributed by atoms with van der Waals surface area (Å²) >= 11 is 5.88. The monoisotopic (exact) mass is 377 g/mol. The van der Waals surface area contributed by atoms with E-state index < -0.39 is 12.1 Å². The number of rotatable bonds is 7. The summed E-state index contributed by atoms with van der Waals surface area (Å²) < 4.78 is 15.5. The van der Waals surface area contributed by atoms with E-state index in [2.05, 4.69) is 5.32 Å². The number of anilines is 1. The predicted molar refractivity (Wildman–Crippen MR) is 99.3 cm³/mol. The normalized spacial score (nSPS) is 10.1. The van der Waals surface area contributed by atoms with Crippen molar-refractivity contribution in [2.75, 3.05) is 19.0 Å². The average molecular weight is 378 g/mol. The molecule has 2 aromatic rings. The number of nitrogens with one attached hydrogen (secondary N) is 1. The Hall–Kier alpha value is -2.73. The fourth-order valence-electron chi connectivity index (χ4n) is 2.06. The lowest BCUT2D eigenvalue weighted by molar-refractivity contribution is 0.0499. The van der Waals surface area contributed by atoms with Crippen LogP contribution in [0.15, 0.2) is 42.5 Å². The van der Waals surface area contributed by atoms with Crippen molar-refractivity contribution in [3.8, 4) is 11.5 Å². The molecule has 0 aliphatic carbocycles. The second kappa shape index (κ2) is 9.68. The van der Waals surface area contributed by atoms with Crippen molar-refractivity contribution >= 4 is 29.4 Å². The fourth-order valence-corrected chi connectivity index (χ4v) is 2.22. The lowest BCUT2D eigenvalue weighted by Crippen LogP contribution is -2.17. The molecule has 138 valence electrons. The Balaban J connectivity index is 1.94. The van der Waals surface area contributed by atoms with Gasteiger partial charge in [-0.2, -0.15) is 0 Å². The van der Waals surface area contributed by atoms with Crippen molar-refractivity contribution in [1.29, 1.82) is 0 Å². The SMILES string of the molecule is CCCCOC(=O)c1ccc(OC(=O)Nc2ccc(Cl)cc2OC)cc1. The zero-order valence-corrected chi connectivity index (χ0v) is 15.3. The molecular formula is C19H20ClNO5. The van der Waals surface area contributed by atoms with Crippen molar-refractivity contribution in [2.45, 2.75) is 19.8 Å². The zero-order chi connectivity index (χ0) is 18.9. The lowest BCUT2D eigenvalue weighted by atomic mass is 10.2. The highest BCUT2D eigenvalue weighted by Gasteiger charge is 2.11. The molecule has 0 aliphatic rings. The van der Waals surface area contributed by atoms with Gasteiger partial charge in [-0.25, -0.2) is 9.59 Å². The van der Waals surface area contributed by atoms with Gasteiger partial charge in [0.15, 0.2) is 0 Å². The van der Waals surface area contributed by atoms with Crippen LogP contribution in [0.1, 0.15) is 30.1 Å². The van der Waals surface area contributed by atoms with Crippen LogP contribution in [0.3, 0.4) is 0 Å². The highest BCUT2D eigenvalue weighted by atomic mass is 35.5. The van der Waals surface area contributed by atoms with Gasteiger partial charge in [-0.3, -0.25) is 5.32 Å². The third-order valence-electron chi connectivity index (χ3n) is 3.43. The molecule has 0 spiro atoms. The molecule has 2 rings (SSSR count). The Labute approximate surface area is 157 Å². The Bertz CT molecular complexity index is 761. The van der Waals surface area contributed by atoms with E-state index in [1.165, 1.54) is 19.2 Å². The van der Waals surface area contributed by atoms with Gasteiger partial charge >= 0.3 is 12.1 Å². The topological polar surface area (TPSA) is 73.9 Å². The van der Waals surface area contributed by atoms with E-state index in [0.717, 1.165) is 12.8 Å². The molecule has 0 unspecified atom stereocenters. The summed E-state index contributed by atoms with van der Waals surface area (Å²) in [6, 6.07) is 10.9. The van der Waals surface area contributed by atoms with Crippen LogP contribution in [-0.2, 0) is 4.74 Å². The maximum Gasteiger partial charge on any atom is 0.417 e. The molecule has 0 aliphatic heterocycles. The number of unbranched alkanes of at least 4 members (excludes halogenated alkanes) is 1. The maximum absolute atomic E-state index is 12.0. The highest BCUT2D eigenvalue weighted by Crippen LogP contribution is 2.28. The minimum Gasteiger partial charge on any atom is -0.495 e. The van der Waals surface area contributed by atoms with E-state index >= 15 is 0 Å². The van der Waals surface area contributed by atoms with Gasteiger partial charge in [0.05, 0.1) is 25.0 Å². The summed E-state index contributed by atoms with van der Waals surface area (Å²) in [5.41, 5.74) is 0.825. The number of amides is 1. The third kappa shape index (κ3) is 5.67. The summed E-state index contributed by atoms with van der Waals surface area (Å²) in [5, 5.41) is 3.06. The van der Waals surface area contributed by atoms with E-state index in [1.54, 1.807) is 30.3 Å². The van der Waals surface area contributed by atoms with Gasteiger partial charge in [-0.15, -0.1) is 0 Å². The van der Waals surface area contributed by atoms with Crippen LogP contribution in [0.4, 0.5) is 10.5 Å². The first-order valence-corrected chi connectivity index (χ1v) is 8.51. The number of hydrogen-bond acceptors (Lipinski definition) is 5. The first kappa shape index (κ1) is 19.6. The molecule has 0 bridgehead atoms. The van der Waals surface area contributed by atoms with Crippen LogP contribution in [0.5, 0.6) is 11.5 Å². The molecule has 0 aromatic heterocycles. The summed E-state index contributed by atoms with van der Waals surface area (Å²) in [4.78, 5) is 23.8. The number of carbonyl (C=O) groups excluding carboxylic acids is 2. The van der Waals surface area contributed by atoms with Crippen molar-refractivity contribution in [1.82, 2.24) is 0 Å². The molecule has 0 heterocycles.